The Morgan fingerprint density at radius 2 is 2.33 bits per heavy atom. The van der Waals surface area contributed by atoms with E-state index in [4.69, 9.17) is 4.74 Å². The van der Waals surface area contributed by atoms with Crippen molar-refractivity contribution in [3.63, 3.8) is 0 Å². The predicted molar refractivity (Wildman–Crippen MR) is 66.5 cm³/mol. The number of thioether (sulfide) groups is 1. The molecule has 88 valence electrons. The van der Waals surface area contributed by atoms with Crippen molar-refractivity contribution in [2.45, 2.75) is 43.4 Å². The van der Waals surface area contributed by atoms with Gasteiger partial charge in [-0.05, 0) is 44.4 Å². The Morgan fingerprint density at radius 1 is 1.47 bits per heavy atom. The lowest BCUT2D eigenvalue weighted by atomic mass is 9.91. The first-order valence-corrected chi connectivity index (χ1v) is 7.14. The van der Waals surface area contributed by atoms with Crippen LogP contribution in [0.3, 0.4) is 0 Å². The van der Waals surface area contributed by atoms with E-state index in [2.05, 4.69) is 24.0 Å². The summed E-state index contributed by atoms with van der Waals surface area (Å²) in [5.74, 6) is 2.25. The third kappa shape index (κ3) is 2.89. The number of methoxy groups -OCH3 is 1. The van der Waals surface area contributed by atoms with E-state index in [-0.39, 0.29) is 5.54 Å². The molecule has 2 fully saturated rings. The Kier molecular flexibility index (Phi) is 3.97. The lowest BCUT2D eigenvalue weighted by molar-refractivity contribution is 0.128. The summed E-state index contributed by atoms with van der Waals surface area (Å²) < 4.78 is 5.30. The molecule has 0 saturated carbocycles. The summed E-state index contributed by atoms with van der Waals surface area (Å²) in [6, 6.07) is 0. The summed E-state index contributed by atoms with van der Waals surface area (Å²) in [5.41, 5.74) is 0.234. The molecule has 0 spiro atoms. The summed E-state index contributed by atoms with van der Waals surface area (Å²) in [6.45, 7) is 4.34. The minimum absolute atomic E-state index is 0.234. The van der Waals surface area contributed by atoms with Crippen molar-refractivity contribution in [1.82, 2.24) is 5.32 Å². The first-order chi connectivity index (χ1) is 7.23. The molecular formula is C12H23NOS. The fourth-order valence-corrected chi connectivity index (χ4v) is 4.40. The molecule has 15 heavy (non-hydrogen) atoms. The van der Waals surface area contributed by atoms with Crippen LogP contribution < -0.4 is 5.32 Å². The van der Waals surface area contributed by atoms with E-state index in [0.717, 1.165) is 17.8 Å². The third-order valence-corrected chi connectivity index (χ3v) is 5.28. The Bertz CT molecular complexity index is 206. The minimum atomic E-state index is 0.234. The van der Waals surface area contributed by atoms with Crippen LogP contribution >= 0.6 is 11.8 Å². The zero-order valence-corrected chi connectivity index (χ0v) is 10.7. The molecule has 0 aromatic carbocycles. The first-order valence-electron chi connectivity index (χ1n) is 6.09. The van der Waals surface area contributed by atoms with Gasteiger partial charge in [-0.25, -0.2) is 0 Å². The highest BCUT2D eigenvalue weighted by Gasteiger charge is 2.38. The van der Waals surface area contributed by atoms with Crippen LogP contribution in [0.15, 0.2) is 0 Å². The molecule has 3 heteroatoms. The maximum Gasteiger partial charge on any atom is 0.0641 e. The van der Waals surface area contributed by atoms with Crippen LogP contribution in [0.1, 0.15) is 32.6 Å². The molecule has 3 unspecified atom stereocenters. The van der Waals surface area contributed by atoms with Crippen molar-refractivity contribution in [2.24, 2.45) is 5.92 Å². The molecule has 0 aliphatic carbocycles. The molecule has 1 N–H and O–H groups in total. The van der Waals surface area contributed by atoms with E-state index in [1.54, 1.807) is 7.11 Å². The predicted octanol–water partition coefficient (Wildman–Crippen LogP) is 2.29. The standard InChI is InChI=1S/C12H23NOS/c1-12(9-14-2)7-10(8-13-12)11-5-3-4-6-15-11/h10-11,13H,3-9H2,1-2H3. The van der Waals surface area contributed by atoms with Gasteiger partial charge in [-0.2, -0.15) is 11.8 Å². The smallest absolute Gasteiger partial charge is 0.0641 e. The average Bonchev–Trinajstić information content (AvgIpc) is 2.63. The van der Waals surface area contributed by atoms with Gasteiger partial charge in [-0.1, -0.05) is 6.42 Å². The van der Waals surface area contributed by atoms with E-state index >= 15 is 0 Å². The van der Waals surface area contributed by atoms with E-state index in [1.807, 2.05) is 0 Å². The molecule has 0 aromatic heterocycles. The van der Waals surface area contributed by atoms with E-state index in [0.29, 0.717) is 0 Å². The van der Waals surface area contributed by atoms with Gasteiger partial charge in [-0.15, -0.1) is 0 Å². The molecule has 0 amide bonds. The summed E-state index contributed by atoms with van der Waals surface area (Å²) in [4.78, 5) is 0. The maximum absolute atomic E-state index is 5.30. The summed E-state index contributed by atoms with van der Waals surface area (Å²) in [6.07, 6.45) is 5.59. The van der Waals surface area contributed by atoms with Gasteiger partial charge >= 0.3 is 0 Å². The number of rotatable bonds is 3. The number of ether oxygens (including phenoxy) is 1. The second-order valence-corrected chi connectivity index (χ2v) is 6.59. The fraction of sp³-hybridized carbons (Fsp3) is 1.00. The van der Waals surface area contributed by atoms with Crippen LogP contribution in [-0.4, -0.2) is 36.8 Å². The zero-order valence-electron chi connectivity index (χ0n) is 9.92. The van der Waals surface area contributed by atoms with Gasteiger partial charge in [0.15, 0.2) is 0 Å². The maximum atomic E-state index is 5.30. The Morgan fingerprint density at radius 3 is 3.00 bits per heavy atom. The van der Waals surface area contributed by atoms with E-state index < -0.39 is 0 Å². The molecule has 2 aliphatic rings. The van der Waals surface area contributed by atoms with Gasteiger partial charge in [0.1, 0.15) is 0 Å². The van der Waals surface area contributed by atoms with E-state index in [1.165, 1.54) is 38.0 Å². The highest BCUT2D eigenvalue weighted by atomic mass is 32.2. The number of hydrogen-bond acceptors (Lipinski definition) is 3. The number of nitrogens with one attached hydrogen (secondary N) is 1. The molecule has 2 aliphatic heterocycles. The van der Waals surface area contributed by atoms with Crippen LogP contribution in [0.4, 0.5) is 0 Å². The summed E-state index contributed by atoms with van der Waals surface area (Å²) in [5, 5.41) is 4.55. The number of hydrogen-bond donors (Lipinski definition) is 1. The lowest BCUT2D eigenvalue weighted by Crippen LogP contribution is -2.40. The SMILES string of the molecule is COCC1(C)CC(C2CCCCS2)CN1. The van der Waals surface area contributed by atoms with Crippen molar-refractivity contribution in [1.29, 1.82) is 0 Å². The normalized spacial score (nSPS) is 42.0. The van der Waals surface area contributed by atoms with Gasteiger partial charge in [0.05, 0.1) is 6.61 Å². The van der Waals surface area contributed by atoms with Gasteiger partial charge in [0.2, 0.25) is 0 Å². The Hall–Kier alpha value is 0.270. The Labute approximate surface area is 97.5 Å². The highest BCUT2D eigenvalue weighted by molar-refractivity contribution is 7.99. The van der Waals surface area contributed by atoms with Crippen molar-refractivity contribution in [3.8, 4) is 0 Å². The van der Waals surface area contributed by atoms with Crippen LogP contribution in [0.2, 0.25) is 0 Å². The zero-order chi connectivity index (χ0) is 10.7. The highest BCUT2D eigenvalue weighted by Crippen LogP contribution is 2.37. The fourth-order valence-electron chi connectivity index (χ4n) is 2.93. The molecule has 0 bridgehead atoms. The first kappa shape index (κ1) is 11.7. The lowest BCUT2D eigenvalue weighted by Gasteiger charge is -2.28. The molecule has 2 rings (SSSR count). The van der Waals surface area contributed by atoms with Crippen LogP contribution in [0.5, 0.6) is 0 Å². The van der Waals surface area contributed by atoms with Crippen molar-refractivity contribution in [3.05, 3.63) is 0 Å². The van der Waals surface area contributed by atoms with E-state index in [9.17, 15) is 0 Å². The largest absolute Gasteiger partial charge is 0.383 e. The topological polar surface area (TPSA) is 21.3 Å². The monoisotopic (exact) mass is 229 g/mol. The second kappa shape index (κ2) is 5.07. The average molecular weight is 229 g/mol. The van der Waals surface area contributed by atoms with Crippen LogP contribution in [-0.2, 0) is 4.74 Å². The molecule has 2 saturated heterocycles. The minimum Gasteiger partial charge on any atom is -0.383 e. The summed E-state index contributed by atoms with van der Waals surface area (Å²) >= 11 is 2.20. The van der Waals surface area contributed by atoms with Crippen molar-refractivity contribution >= 4 is 11.8 Å². The van der Waals surface area contributed by atoms with Crippen molar-refractivity contribution in [2.75, 3.05) is 26.0 Å². The van der Waals surface area contributed by atoms with Gasteiger partial charge in [0, 0.05) is 17.9 Å². The van der Waals surface area contributed by atoms with Crippen molar-refractivity contribution < 1.29 is 4.74 Å². The Balaban J connectivity index is 1.85. The third-order valence-electron chi connectivity index (χ3n) is 3.71. The molecule has 2 nitrogen and oxygen atoms in total. The quantitative estimate of drug-likeness (QED) is 0.802. The molecular weight excluding hydrogens is 206 g/mol. The van der Waals surface area contributed by atoms with Crippen LogP contribution in [0, 0.1) is 5.92 Å². The summed E-state index contributed by atoms with van der Waals surface area (Å²) in [7, 11) is 1.80. The van der Waals surface area contributed by atoms with Crippen LogP contribution in [0.25, 0.3) is 0 Å². The van der Waals surface area contributed by atoms with Gasteiger partial charge in [0.25, 0.3) is 0 Å². The van der Waals surface area contributed by atoms with Gasteiger partial charge in [-0.3, -0.25) is 0 Å². The molecule has 3 atom stereocenters. The molecule has 0 radical (unpaired) electrons. The molecule has 2 heterocycles. The second-order valence-electron chi connectivity index (χ2n) is 5.24. The van der Waals surface area contributed by atoms with Gasteiger partial charge < -0.3 is 10.1 Å². The molecule has 0 aromatic rings.